The van der Waals surface area contributed by atoms with Gasteiger partial charge in [-0.3, -0.25) is 4.79 Å². The highest BCUT2D eigenvalue weighted by Crippen LogP contribution is 2.29. The molecule has 7 nitrogen and oxygen atoms in total. The van der Waals surface area contributed by atoms with Crippen LogP contribution < -0.4 is 0 Å². The first-order valence-corrected chi connectivity index (χ1v) is 9.47. The first-order chi connectivity index (χ1) is 12.7. The molecule has 4 rings (SSSR count). The Bertz CT molecular complexity index is 922. The topological polar surface area (TPSA) is 73.1 Å². The van der Waals surface area contributed by atoms with Gasteiger partial charge < -0.3 is 9.64 Å². The summed E-state index contributed by atoms with van der Waals surface area (Å²) in [5.74, 6) is 0.423. The highest BCUT2D eigenvalue weighted by atomic mass is 32.2. The van der Waals surface area contributed by atoms with E-state index in [1.165, 1.54) is 11.8 Å². The molecule has 0 unspecified atom stereocenters. The monoisotopic (exact) mass is 369 g/mol. The second-order valence-electron chi connectivity index (χ2n) is 6.03. The van der Waals surface area contributed by atoms with Crippen LogP contribution in [-0.2, 0) is 9.53 Å². The molecule has 0 N–H and O–H groups in total. The van der Waals surface area contributed by atoms with Crippen LogP contribution in [0.15, 0.2) is 41.6 Å². The summed E-state index contributed by atoms with van der Waals surface area (Å²) in [5.41, 5.74) is 2.67. The van der Waals surface area contributed by atoms with Gasteiger partial charge in [0.25, 0.3) is 0 Å². The SMILES string of the molecule is Cc1nnc(SCC(=O)N2CCOCC2)c2c1cnn2-c1ccccc1. The van der Waals surface area contributed by atoms with Crippen LogP contribution in [0.1, 0.15) is 5.69 Å². The number of hydrogen-bond acceptors (Lipinski definition) is 6. The number of thioether (sulfide) groups is 1. The Labute approximate surface area is 155 Å². The van der Waals surface area contributed by atoms with Crippen molar-refractivity contribution in [3.8, 4) is 5.69 Å². The molecule has 1 amide bonds. The number of amides is 1. The van der Waals surface area contributed by atoms with Crippen LogP contribution in [-0.4, -0.2) is 62.8 Å². The average Bonchev–Trinajstić information content (AvgIpc) is 3.15. The maximum absolute atomic E-state index is 12.4. The molecule has 0 aliphatic carbocycles. The number of carbonyl (C=O) groups is 1. The predicted octanol–water partition coefficient (Wildman–Crippen LogP) is 2.07. The molecule has 0 atom stereocenters. The fourth-order valence-electron chi connectivity index (χ4n) is 2.94. The maximum Gasteiger partial charge on any atom is 0.233 e. The summed E-state index contributed by atoms with van der Waals surface area (Å²) < 4.78 is 7.16. The van der Waals surface area contributed by atoms with Gasteiger partial charge >= 0.3 is 0 Å². The number of ether oxygens (including phenoxy) is 1. The molecule has 2 aromatic heterocycles. The molecule has 3 aromatic rings. The molecular formula is C18H19N5O2S. The molecule has 1 aromatic carbocycles. The van der Waals surface area contributed by atoms with E-state index in [2.05, 4.69) is 15.3 Å². The van der Waals surface area contributed by atoms with Gasteiger partial charge in [-0.15, -0.1) is 5.10 Å². The minimum atomic E-state index is 0.0969. The molecule has 1 saturated heterocycles. The average molecular weight is 369 g/mol. The van der Waals surface area contributed by atoms with Gasteiger partial charge in [-0.2, -0.15) is 10.2 Å². The summed E-state index contributed by atoms with van der Waals surface area (Å²) in [4.78, 5) is 14.3. The van der Waals surface area contributed by atoms with Crippen molar-refractivity contribution < 1.29 is 9.53 Å². The Kier molecular flexibility index (Phi) is 4.85. The lowest BCUT2D eigenvalue weighted by Crippen LogP contribution is -2.41. The predicted molar refractivity (Wildman–Crippen MR) is 99.5 cm³/mol. The largest absolute Gasteiger partial charge is 0.378 e. The number of benzene rings is 1. The summed E-state index contributed by atoms with van der Waals surface area (Å²) in [6.07, 6.45) is 1.81. The second-order valence-corrected chi connectivity index (χ2v) is 6.99. The molecule has 8 heteroatoms. The van der Waals surface area contributed by atoms with E-state index in [1.54, 1.807) is 6.20 Å². The standard InChI is InChI=1S/C18H19N5O2S/c1-13-15-11-19-23(14-5-3-2-4-6-14)17(15)18(21-20-13)26-12-16(24)22-7-9-25-10-8-22/h2-6,11H,7-10,12H2,1H3. The van der Waals surface area contributed by atoms with E-state index in [0.717, 1.165) is 22.3 Å². The van der Waals surface area contributed by atoms with Gasteiger partial charge in [-0.1, -0.05) is 30.0 Å². The quantitative estimate of drug-likeness (QED) is 0.656. The lowest BCUT2D eigenvalue weighted by Gasteiger charge is -2.26. The Morgan fingerprint density at radius 2 is 1.96 bits per heavy atom. The van der Waals surface area contributed by atoms with Gasteiger partial charge in [-0.25, -0.2) is 4.68 Å². The molecule has 26 heavy (non-hydrogen) atoms. The van der Waals surface area contributed by atoms with E-state index in [9.17, 15) is 4.79 Å². The number of nitrogens with zero attached hydrogens (tertiary/aromatic N) is 5. The number of fused-ring (bicyclic) bond motifs is 1. The van der Waals surface area contributed by atoms with Crippen LogP contribution in [0.5, 0.6) is 0 Å². The zero-order valence-corrected chi connectivity index (χ0v) is 15.3. The van der Waals surface area contributed by atoms with Gasteiger partial charge in [0, 0.05) is 18.5 Å². The van der Waals surface area contributed by atoms with Crippen molar-refractivity contribution in [3.63, 3.8) is 0 Å². The first-order valence-electron chi connectivity index (χ1n) is 8.49. The van der Waals surface area contributed by atoms with Gasteiger partial charge in [0.05, 0.1) is 36.5 Å². The molecule has 3 heterocycles. The molecule has 1 fully saturated rings. The fraction of sp³-hybridized carbons (Fsp3) is 0.333. The summed E-state index contributed by atoms with van der Waals surface area (Å²) in [6.45, 7) is 4.42. The number of carbonyl (C=O) groups excluding carboxylic acids is 1. The number of morpholine rings is 1. The Hall–Kier alpha value is -2.45. The molecule has 0 saturated carbocycles. The van der Waals surface area contributed by atoms with Crippen molar-refractivity contribution in [2.24, 2.45) is 0 Å². The Balaban J connectivity index is 1.63. The molecule has 0 radical (unpaired) electrons. The third-order valence-corrected chi connectivity index (χ3v) is 5.29. The summed E-state index contributed by atoms with van der Waals surface area (Å²) >= 11 is 1.41. The van der Waals surface area contributed by atoms with Gasteiger partial charge in [0.2, 0.25) is 5.91 Å². The molecule has 0 bridgehead atoms. The van der Waals surface area contributed by atoms with Crippen LogP contribution >= 0.6 is 11.8 Å². The lowest BCUT2D eigenvalue weighted by molar-refractivity contribution is -0.132. The van der Waals surface area contributed by atoms with Gasteiger partial charge in [0.1, 0.15) is 10.5 Å². The maximum atomic E-state index is 12.4. The van der Waals surface area contributed by atoms with Crippen LogP contribution in [0.25, 0.3) is 16.6 Å². The lowest BCUT2D eigenvalue weighted by atomic mass is 10.3. The van der Waals surface area contributed by atoms with E-state index in [-0.39, 0.29) is 5.91 Å². The molecule has 0 spiro atoms. The van der Waals surface area contributed by atoms with E-state index in [0.29, 0.717) is 37.1 Å². The smallest absolute Gasteiger partial charge is 0.233 e. The van der Waals surface area contributed by atoms with Crippen LogP contribution in [0.4, 0.5) is 0 Å². The van der Waals surface area contributed by atoms with E-state index in [1.807, 2.05) is 46.8 Å². The first kappa shape index (κ1) is 17.0. The zero-order chi connectivity index (χ0) is 17.9. The number of para-hydroxylation sites is 1. The summed E-state index contributed by atoms with van der Waals surface area (Å²) in [6, 6.07) is 9.90. The van der Waals surface area contributed by atoms with Crippen molar-refractivity contribution in [2.45, 2.75) is 11.9 Å². The number of aromatic nitrogens is 4. The summed E-state index contributed by atoms with van der Waals surface area (Å²) in [5, 5.41) is 14.8. The van der Waals surface area contributed by atoms with Crippen LogP contribution in [0.2, 0.25) is 0 Å². The normalized spacial score (nSPS) is 14.7. The van der Waals surface area contributed by atoms with Gasteiger partial charge in [-0.05, 0) is 19.1 Å². The molecule has 1 aliphatic rings. The molecular weight excluding hydrogens is 350 g/mol. The third kappa shape index (κ3) is 3.30. The highest BCUT2D eigenvalue weighted by Gasteiger charge is 2.20. The third-order valence-electron chi connectivity index (χ3n) is 4.35. The van der Waals surface area contributed by atoms with E-state index in [4.69, 9.17) is 4.74 Å². The molecule has 134 valence electrons. The van der Waals surface area contributed by atoms with E-state index >= 15 is 0 Å². The minimum absolute atomic E-state index is 0.0969. The van der Waals surface area contributed by atoms with Crippen molar-refractivity contribution in [1.29, 1.82) is 0 Å². The zero-order valence-electron chi connectivity index (χ0n) is 14.5. The number of aryl methyl sites for hydroxylation is 1. The molecule has 1 aliphatic heterocycles. The fourth-order valence-corrected chi connectivity index (χ4v) is 3.81. The minimum Gasteiger partial charge on any atom is -0.378 e. The van der Waals surface area contributed by atoms with Crippen molar-refractivity contribution in [1.82, 2.24) is 24.9 Å². The van der Waals surface area contributed by atoms with Crippen LogP contribution in [0.3, 0.4) is 0 Å². The highest BCUT2D eigenvalue weighted by molar-refractivity contribution is 8.00. The van der Waals surface area contributed by atoms with Gasteiger partial charge in [0.15, 0.2) is 0 Å². The summed E-state index contributed by atoms with van der Waals surface area (Å²) in [7, 11) is 0. The Morgan fingerprint density at radius 3 is 2.73 bits per heavy atom. The number of rotatable bonds is 4. The number of hydrogen-bond donors (Lipinski definition) is 0. The Morgan fingerprint density at radius 1 is 1.19 bits per heavy atom. The van der Waals surface area contributed by atoms with Crippen molar-refractivity contribution in [3.05, 3.63) is 42.2 Å². The van der Waals surface area contributed by atoms with Crippen molar-refractivity contribution in [2.75, 3.05) is 32.1 Å². The second kappa shape index (κ2) is 7.43. The van der Waals surface area contributed by atoms with Crippen molar-refractivity contribution >= 4 is 28.6 Å². The van der Waals surface area contributed by atoms with Crippen LogP contribution in [0, 0.1) is 6.92 Å². The van der Waals surface area contributed by atoms with E-state index < -0.39 is 0 Å².